The predicted molar refractivity (Wildman–Crippen MR) is 55.4 cm³/mol. The molecule has 0 aromatic heterocycles. The van der Waals surface area contributed by atoms with E-state index < -0.39 is 12.7 Å². The van der Waals surface area contributed by atoms with Crippen LogP contribution in [0.3, 0.4) is 0 Å². The fourth-order valence-electron chi connectivity index (χ4n) is 1.22. The molecule has 0 saturated carbocycles. The first-order chi connectivity index (χ1) is 6.92. The van der Waals surface area contributed by atoms with Crippen molar-refractivity contribution in [1.82, 2.24) is 5.32 Å². The standard InChI is InChI=1S/C10H19F3N2/c1-9(14)6-4-2-3-5-7-15-8-10(11,12)13/h14-15H,2-8H2,1H3. The van der Waals surface area contributed by atoms with E-state index in [9.17, 15) is 13.2 Å². The van der Waals surface area contributed by atoms with E-state index in [1.165, 1.54) is 0 Å². The Morgan fingerprint density at radius 1 is 1.13 bits per heavy atom. The molecular formula is C10H19F3N2. The molecule has 0 rings (SSSR count). The Morgan fingerprint density at radius 3 is 2.27 bits per heavy atom. The van der Waals surface area contributed by atoms with Crippen LogP contribution in [0.15, 0.2) is 0 Å². The molecule has 0 atom stereocenters. The van der Waals surface area contributed by atoms with E-state index in [0.29, 0.717) is 12.3 Å². The molecule has 0 spiro atoms. The molecule has 2 N–H and O–H groups in total. The van der Waals surface area contributed by atoms with E-state index in [4.69, 9.17) is 5.41 Å². The lowest BCUT2D eigenvalue weighted by atomic mass is 10.1. The van der Waals surface area contributed by atoms with Crippen LogP contribution in [0.5, 0.6) is 0 Å². The monoisotopic (exact) mass is 224 g/mol. The summed E-state index contributed by atoms with van der Waals surface area (Å²) in [7, 11) is 0. The zero-order valence-electron chi connectivity index (χ0n) is 9.08. The first-order valence-corrected chi connectivity index (χ1v) is 5.23. The maximum atomic E-state index is 11.7. The highest BCUT2D eigenvalue weighted by Crippen LogP contribution is 2.12. The lowest BCUT2D eigenvalue weighted by Gasteiger charge is -2.07. The summed E-state index contributed by atoms with van der Waals surface area (Å²) >= 11 is 0. The lowest BCUT2D eigenvalue weighted by molar-refractivity contribution is -0.124. The maximum Gasteiger partial charge on any atom is 0.401 e. The van der Waals surface area contributed by atoms with Crippen LogP contribution in [-0.2, 0) is 0 Å². The lowest BCUT2D eigenvalue weighted by Crippen LogP contribution is -2.29. The van der Waals surface area contributed by atoms with E-state index in [-0.39, 0.29) is 0 Å². The molecular weight excluding hydrogens is 205 g/mol. The van der Waals surface area contributed by atoms with Gasteiger partial charge in [0.25, 0.3) is 0 Å². The fourth-order valence-corrected chi connectivity index (χ4v) is 1.22. The van der Waals surface area contributed by atoms with Crippen molar-refractivity contribution in [3.63, 3.8) is 0 Å². The van der Waals surface area contributed by atoms with Crippen molar-refractivity contribution in [3.05, 3.63) is 0 Å². The molecule has 5 heteroatoms. The maximum absolute atomic E-state index is 11.7. The third-order valence-electron chi connectivity index (χ3n) is 1.98. The molecule has 2 nitrogen and oxygen atoms in total. The van der Waals surface area contributed by atoms with Crippen LogP contribution >= 0.6 is 0 Å². The molecule has 0 aliphatic carbocycles. The third kappa shape index (κ3) is 13.4. The number of alkyl halides is 3. The highest BCUT2D eigenvalue weighted by atomic mass is 19.4. The second-order valence-corrected chi connectivity index (χ2v) is 3.74. The minimum atomic E-state index is -4.10. The van der Waals surface area contributed by atoms with E-state index >= 15 is 0 Å². The Morgan fingerprint density at radius 2 is 1.73 bits per heavy atom. The molecule has 0 fully saturated rings. The van der Waals surface area contributed by atoms with Crippen molar-refractivity contribution in [1.29, 1.82) is 5.41 Å². The van der Waals surface area contributed by atoms with E-state index in [1.54, 1.807) is 6.92 Å². The van der Waals surface area contributed by atoms with Crippen molar-refractivity contribution in [2.45, 2.75) is 45.2 Å². The summed E-state index contributed by atoms with van der Waals surface area (Å²) < 4.78 is 35.1. The molecule has 0 bridgehead atoms. The Bertz CT molecular complexity index is 178. The van der Waals surface area contributed by atoms with E-state index in [2.05, 4.69) is 5.32 Å². The Balaban J connectivity index is 3.09. The second kappa shape index (κ2) is 7.68. The number of unbranched alkanes of at least 4 members (excludes halogenated alkanes) is 3. The molecule has 0 amide bonds. The van der Waals surface area contributed by atoms with Gasteiger partial charge in [0.15, 0.2) is 0 Å². The summed E-state index contributed by atoms with van der Waals surface area (Å²) in [4.78, 5) is 0. The normalized spacial score (nSPS) is 11.7. The topological polar surface area (TPSA) is 35.9 Å². The van der Waals surface area contributed by atoms with Crippen LogP contribution in [0, 0.1) is 5.41 Å². The second-order valence-electron chi connectivity index (χ2n) is 3.74. The molecule has 0 aromatic rings. The van der Waals surface area contributed by atoms with Crippen LogP contribution in [0.25, 0.3) is 0 Å². The van der Waals surface area contributed by atoms with E-state index in [0.717, 1.165) is 32.1 Å². The first-order valence-electron chi connectivity index (χ1n) is 5.23. The summed E-state index contributed by atoms with van der Waals surface area (Å²) in [5.74, 6) is 0. The minimum absolute atomic E-state index is 0.420. The Hall–Kier alpha value is -0.580. The van der Waals surface area contributed by atoms with Gasteiger partial charge in [0.2, 0.25) is 0 Å². The highest BCUT2D eigenvalue weighted by molar-refractivity contribution is 5.78. The molecule has 15 heavy (non-hydrogen) atoms. The van der Waals surface area contributed by atoms with Gasteiger partial charge in [0.1, 0.15) is 0 Å². The van der Waals surface area contributed by atoms with Crippen LogP contribution in [0.1, 0.15) is 39.0 Å². The average Bonchev–Trinajstić information content (AvgIpc) is 2.07. The van der Waals surface area contributed by atoms with Crippen molar-refractivity contribution in [2.24, 2.45) is 0 Å². The number of rotatable bonds is 8. The molecule has 90 valence electrons. The number of halogens is 3. The van der Waals surface area contributed by atoms with Crippen molar-refractivity contribution < 1.29 is 13.2 Å². The van der Waals surface area contributed by atoms with Gasteiger partial charge in [-0.3, -0.25) is 0 Å². The van der Waals surface area contributed by atoms with Gasteiger partial charge in [0.05, 0.1) is 6.54 Å². The molecule has 0 unspecified atom stereocenters. The van der Waals surface area contributed by atoms with Crippen molar-refractivity contribution >= 4 is 5.71 Å². The largest absolute Gasteiger partial charge is 0.401 e. The van der Waals surface area contributed by atoms with Gasteiger partial charge in [-0.05, 0) is 32.7 Å². The summed E-state index contributed by atoms with van der Waals surface area (Å²) in [6, 6.07) is 0. The minimum Gasteiger partial charge on any atom is -0.310 e. The van der Waals surface area contributed by atoms with Crippen LogP contribution in [-0.4, -0.2) is 25.0 Å². The van der Waals surface area contributed by atoms with Gasteiger partial charge in [-0.1, -0.05) is 12.8 Å². The predicted octanol–water partition coefficient (Wildman–Crippen LogP) is 3.13. The first kappa shape index (κ1) is 14.4. The van der Waals surface area contributed by atoms with Crippen LogP contribution < -0.4 is 5.32 Å². The molecule has 0 aromatic carbocycles. The van der Waals surface area contributed by atoms with Gasteiger partial charge in [-0.2, -0.15) is 13.2 Å². The van der Waals surface area contributed by atoms with Gasteiger partial charge in [0, 0.05) is 5.71 Å². The van der Waals surface area contributed by atoms with Gasteiger partial charge in [-0.25, -0.2) is 0 Å². The zero-order chi connectivity index (χ0) is 11.7. The SMILES string of the molecule is CC(=N)CCCCCCNCC(F)(F)F. The molecule has 0 aliphatic heterocycles. The third-order valence-corrected chi connectivity index (χ3v) is 1.98. The summed E-state index contributed by atoms with van der Waals surface area (Å²) in [5, 5.41) is 9.53. The molecule has 0 heterocycles. The van der Waals surface area contributed by atoms with Crippen LogP contribution in [0.4, 0.5) is 13.2 Å². The fraction of sp³-hybridized carbons (Fsp3) is 0.900. The summed E-state index contributed by atoms with van der Waals surface area (Å²) in [5.41, 5.74) is 0.671. The number of hydrogen-bond donors (Lipinski definition) is 2. The summed E-state index contributed by atoms with van der Waals surface area (Å²) in [6.45, 7) is 1.29. The summed E-state index contributed by atoms with van der Waals surface area (Å²) in [6.07, 6.45) is 0.358. The smallest absolute Gasteiger partial charge is 0.310 e. The Kier molecular flexibility index (Phi) is 7.38. The van der Waals surface area contributed by atoms with E-state index in [1.807, 2.05) is 0 Å². The van der Waals surface area contributed by atoms with Gasteiger partial charge in [-0.15, -0.1) is 0 Å². The van der Waals surface area contributed by atoms with Crippen molar-refractivity contribution in [2.75, 3.05) is 13.1 Å². The zero-order valence-corrected chi connectivity index (χ0v) is 9.08. The Labute approximate surface area is 88.8 Å². The highest BCUT2D eigenvalue weighted by Gasteiger charge is 2.25. The van der Waals surface area contributed by atoms with Gasteiger partial charge >= 0.3 is 6.18 Å². The average molecular weight is 224 g/mol. The molecule has 0 saturated heterocycles. The van der Waals surface area contributed by atoms with Crippen molar-refractivity contribution in [3.8, 4) is 0 Å². The quantitative estimate of drug-likeness (QED) is 0.482. The van der Waals surface area contributed by atoms with Crippen LogP contribution in [0.2, 0.25) is 0 Å². The van der Waals surface area contributed by atoms with Gasteiger partial charge < -0.3 is 10.7 Å². The number of hydrogen-bond acceptors (Lipinski definition) is 2. The number of nitrogens with one attached hydrogen (secondary N) is 2. The molecule has 0 aliphatic rings. The molecule has 0 radical (unpaired) electrons.